The van der Waals surface area contributed by atoms with Crippen molar-refractivity contribution >= 4 is 11.3 Å². The third kappa shape index (κ3) is 1.85. The summed E-state index contributed by atoms with van der Waals surface area (Å²) in [6, 6.07) is 0.250. The van der Waals surface area contributed by atoms with E-state index in [0.29, 0.717) is 0 Å². The lowest BCUT2D eigenvalue weighted by molar-refractivity contribution is 0.234. The zero-order valence-corrected chi connectivity index (χ0v) is 11.7. The third-order valence-corrected chi connectivity index (χ3v) is 4.01. The highest BCUT2D eigenvalue weighted by molar-refractivity contribution is 7.13. The number of rotatable bonds is 1. The summed E-state index contributed by atoms with van der Waals surface area (Å²) in [4.78, 5) is 5.20. The van der Waals surface area contributed by atoms with Gasteiger partial charge in [0.25, 0.3) is 0 Å². The second kappa shape index (κ2) is 4.13. The molecule has 1 aliphatic rings. The minimum absolute atomic E-state index is 0.135. The van der Waals surface area contributed by atoms with Crippen molar-refractivity contribution in [2.75, 3.05) is 6.54 Å². The van der Waals surface area contributed by atoms with Crippen LogP contribution in [0, 0.1) is 5.41 Å². The van der Waals surface area contributed by atoms with E-state index in [2.05, 4.69) is 45.8 Å². The molecule has 1 atom stereocenters. The molecule has 6 heteroatoms. The normalized spacial score (nSPS) is 19.8. The monoisotopic (exact) mass is 263 g/mol. The van der Waals surface area contributed by atoms with Crippen LogP contribution in [0.5, 0.6) is 0 Å². The summed E-state index contributed by atoms with van der Waals surface area (Å²) in [7, 11) is 0. The lowest BCUT2D eigenvalue weighted by atomic mass is 9.85. The van der Waals surface area contributed by atoms with Crippen LogP contribution in [0.1, 0.15) is 32.6 Å². The Balaban J connectivity index is 2.06. The predicted octanol–water partition coefficient (Wildman–Crippen LogP) is 2.09. The van der Waals surface area contributed by atoms with Gasteiger partial charge in [0.1, 0.15) is 0 Å². The predicted molar refractivity (Wildman–Crippen MR) is 71.3 cm³/mol. The zero-order valence-electron chi connectivity index (χ0n) is 10.8. The number of aromatic nitrogens is 4. The molecule has 3 rings (SSSR count). The number of nitrogens with zero attached hydrogens (tertiary/aromatic N) is 4. The van der Waals surface area contributed by atoms with Gasteiger partial charge in [-0.15, -0.1) is 21.5 Å². The number of nitrogens with one attached hydrogen (secondary N) is 1. The third-order valence-electron chi connectivity index (χ3n) is 3.24. The molecule has 1 aliphatic heterocycles. The fourth-order valence-corrected chi connectivity index (χ4v) is 2.98. The summed E-state index contributed by atoms with van der Waals surface area (Å²) in [5.74, 6) is 1.99. The second-order valence-electron chi connectivity index (χ2n) is 5.65. The van der Waals surface area contributed by atoms with Gasteiger partial charge in [0, 0.05) is 19.3 Å². The quantitative estimate of drug-likeness (QED) is 0.856. The van der Waals surface area contributed by atoms with Gasteiger partial charge >= 0.3 is 0 Å². The van der Waals surface area contributed by atoms with E-state index in [1.165, 1.54) is 0 Å². The SMILES string of the molecule is CC(C)(C)C1NCCn2c(-c3cncs3)nnc21. The Bertz CT molecular complexity index is 537. The van der Waals surface area contributed by atoms with Gasteiger partial charge in [0.15, 0.2) is 11.6 Å². The summed E-state index contributed by atoms with van der Waals surface area (Å²) < 4.78 is 2.22. The minimum Gasteiger partial charge on any atom is -0.308 e. The van der Waals surface area contributed by atoms with E-state index in [0.717, 1.165) is 29.6 Å². The number of thiazole rings is 1. The molecule has 0 fully saturated rings. The Kier molecular flexibility index (Phi) is 2.71. The lowest BCUT2D eigenvalue weighted by Crippen LogP contribution is -2.40. The first-order valence-electron chi connectivity index (χ1n) is 6.13. The van der Waals surface area contributed by atoms with Crippen molar-refractivity contribution in [3.8, 4) is 10.7 Å². The summed E-state index contributed by atoms with van der Waals surface area (Å²) in [5, 5.41) is 12.3. The van der Waals surface area contributed by atoms with Crippen molar-refractivity contribution in [3.63, 3.8) is 0 Å². The Morgan fingerprint density at radius 1 is 1.39 bits per heavy atom. The molecule has 3 heterocycles. The van der Waals surface area contributed by atoms with Gasteiger partial charge < -0.3 is 9.88 Å². The van der Waals surface area contributed by atoms with E-state index in [-0.39, 0.29) is 11.5 Å². The second-order valence-corrected chi connectivity index (χ2v) is 6.54. The highest BCUT2D eigenvalue weighted by Gasteiger charge is 2.34. The van der Waals surface area contributed by atoms with Crippen molar-refractivity contribution in [1.82, 2.24) is 25.1 Å². The van der Waals surface area contributed by atoms with Gasteiger partial charge in [-0.25, -0.2) is 0 Å². The highest BCUT2D eigenvalue weighted by Crippen LogP contribution is 2.35. The van der Waals surface area contributed by atoms with Gasteiger partial charge in [-0.1, -0.05) is 20.8 Å². The van der Waals surface area contributed by atoms with Crippen molar-refractivity contribution in [2.24, 2.45) is 5.41 Å². The summed E-state index contributed by atoms with van der Waals surface area (Å²) in [5.41, 5.74) is 1.97. The van der Waals surface area contributed by atoms with Crippen molar-refractivity contribution in [3.05, 3.63) is 17.5 Å². The molecule has 0 saturated carbocycles. The van der Waals surface area contributed by atoms with E-state index in [4.69, 9.17) is 0 Å². The van der Waals surface area contributed by atoms with Crippen LogP contribution in [0.25, 0.3) is 10.7 Å². The van der Waals surface area contributed by atoms with Crippen molar-refractivity contribution in [2.45, 2.75) is 33.4 Å². The molecule has 2 aromatic rings. The average Bonchev–Trinajstić information content (AvgIpc) is 2.95. The molecule has 0 bridgehead atoms. The summed E-state index contributed by atoms with van der Waals surface area (Å²) in [6.07, 6.45) is 1.86. The molecule has 96 valence electrons. The van der Waals surface area contributed by atoms with Crippen LogP contribution in [0.2, 0.25) is 0 Å². The first-order chi connectivity index (χ1) is 8.57. The fraction of sp³-hybridized carbons (Fsp3) is 0.583. The van der Waals surface area contributed by atoms with Crippen LogP contribution in [-0.4, -0.2) is 26.3 Å². The zero-order chi connectivity index (χ0) is 12.8. The molecule has 18 heavy (non-hydrogen) atoms. The van der Waals surface area contributed by atoms with E-state index in [9.17, 15) is 0 Å². The first-order valence-corrected chi connectivity index (χ1v) is 7.00. The Hall–Kier alpha value is -1.27. The van der Waals surface area contributed by atoms with Crippen LogP contribution in [0.15, 0.2) is 11.7 Å². The minimum atomic E-state index is 0.135. The van der Waals surface area contributed by atoms with Crippen LogP contribution in [-0.2, 0) is 6.54 Å². The maximum atomic E-state index is 4.39. The highest BCUT2D eigenvalue weighted by atomic mass is 32.1. The largest absolute Gasteiger partial charge is 0.308 e. The molecule has 0 radical (unpaired) electrons. The number of fused-ring (bicyclic) bond motifs is 1. The Labute approximate surface area is 110 Å². The molecule has 0 spiro atoms. The number of hydrogen-bond donors (Lipinski definition) is 1. The van der Waals surface area contributed by atoms with E-state index in [1.807, 2.05) is 11.7 Å². The van der Waals surface area contributed by atoms with Crippen LogP contribution in [0.4, 0.5) is 0 Å². The van der Waals surface area contributed by atoms with E-state index in [1.54, 1.807) is 11.3 Å². The molecule has 0 amide bonds. The Morgan fingerprint density at radius 3 is 2.89 bits per heavy atom. The fourth-order valence-electron chi connectivity index (χ4n) is 2.36. The Morgan fingerprint density at radius 2 is 2.22 bits per heavy atom. The first kappa shape index (κ1) is 11.8. The van der Waals surface area contributed by atoms with E-state index < -0.39 is 0 Å². The molecule has 0 saturated heterocycles. The molecule has 2 aromatic heterocycles. The number of hydrogen-bond acceptors (Lipinski definition) is 5. The molecule has 1 N–H and O–H groups in total. The topological polar surface area (TPSA) is 55.6 Å². The van der Waals surface area contributed by atoms with Gasteiger partial charge in [-0.3, -0.25) is 4.98 Å². The average molecular weight is 263 g/mol. The molecule has 0 aliphatic carbocycles. The van der Waals surface area contributed by atoms with Crippen molar-refractivity contribution < 1.29 is 0 Å². The summed E-state index contributed by atoms with van der Waals surface area (Å²) in [6.45, 7) is 8.55. The maximum Gasteiger partial charge on any atom is 0.175 e. The van der Waals surface area contributed by atoms with Crippen LogP contribution in [0.3, 0.4) is 0 Å². The van der Waals surface area contributed by atoms with E-state index >= 15 is 0 Å². The van der Waals surface area contributed by atoms with Gasteiger partial charge in [0.2, 0.25) is 0 Å². The summed E-state index contributed by atoms with van der Waals surface area (Å²) >= 11 is 1.61. The molecular weight excluding hydrogens is 246 g/mol. The van der Waals surface area contributed by atoms with Crippen LogP contribution >= 0.6 is 11.3 Å². The van der Waals surface area contributed by atoms with Crippen molar-refractivity contribution in [1.29, 1.82) is 0 Å². The molecular formula is C12H17N5S. The van der Waals surface area contributed by atoms with Gasteiger partial charge in [-0.05, 0) is 5.41 Å². The molecule has 5 nitrogen and oxygen atoms in total. The standard InChI is InChI=1S/C12H17N5S/c1-12(2,3)9-11-16-15-10(8-6-13-7-18-8)17(11)5-4-14-9/h6-7,9,14H,4-5H2,1-3H3. The maximum absolute atomic E-state index is 4.39. The van der Waals surface area contributed by atoms with Crippen LogP contribution < -0.4 is 5.32 Å². The molecule has 1 unspecified atom stereocenters. The smallest absolute Gasteiger partial charge is 0.175 e. The van der Waals surface area contributed by atoms with Gasteiger partial charge in [-0.2, -0.15) is 0 Å². The van der Waals surface area contributed by atoms with Gasteiger partial charge in [0.05, 0.1) is 16.4 Å². The lowest BCUT2D eigenvalue weighted by Gasteiger charge is -2.34. The molecule has 0 aromatic carbocycles.